The molecule has 0 aromatic heterocycles. The average Bonchev–Trinajstić information content (AvgIpc) is 3.11. The van der Waals surface area contributed by atoms with Gasteiger partial charge in [0.15, 0.2) is 0 Å². The van der Waals surface area contributed by atoms with Gasteiger partial charge >= 0.3 is 0 Å². The van der Waals surface area contributed by atoms with E-state index in [1.165, 1.54) is 6.07 Å². The van der Waals surface area contributed by atoms with E-state index >= 15 is 0 Å². The molecule has 2 aromatic carbocycles. The van der Waals surface area contributed by atoms with Crippen LogP contribution in [0.1, 0.15) is 52.7 Å². The predicted molar refractivity (Wildman–Crippen MR) is 108 cm³/mol. The van der Waals surface area contributed by atoms with Gasteiger partial charge in [-0.2, -0.15) is 0 Å². The van der Waals surface area contributed by atoms with E-state index in [4.69, 9.17) is 0 Å². The smallest absolute Gasteiger partial charge is 0.262 e. The number of aryl methyl sites for hydroxylation is 3. The minimum Gasteiger partial charge on any atom is -0.349 e. The minimum atomic E-state index is -3.80. The number of benzene rings is 2. The van der Waals surface area contributed by atoms with E-state index in [1.807, 2.05) is 26.0 Å². The van der Waals surface area contributed by atoms with Gasteiger partial charge in [-0.1, -0.05) is 31.0 Å². The lowest BCUT2D eigenvalue weighted by Gasteiger charge is -2.15. The molecule has 1 amide bonds. The SMILES string of the molecule is Cc1ccc(C)c(NS(=O)(=O)c2cc(C(=O)NC3CCCC3)ccc2C)c1. The van der Waals surface area contributed by atoms with Crippen molar-refractivity contribution in [3.05, 3.63) is 58.7 Å². The van der Waals surface area contributed by atoms with Gasteiger partial charge in [-0.05, 0) is 68.5 Å². The fourth-order valence-electron chi connectivity index (χ4n) is 3.42. The molecule has 0 radical (unpaired) electrons. The van der Waals surface area contributed by atoms with Gasteiger partial charge in [-0.3, -0.25) is 9.52 Å². The molecule has 0 aliphatic heterocycles. The van der Waals surface area contributed by atoms with E-state index in [9.17, 15) is 13.2 Å². The second-order valence-corrected chi connectivity index (χ2v) is 9.01. The zero-order chi connectivity index (χ0) is 19.6. The number of sulfonamides is 1. The summed E-state index contributed by atoms with van der Waals surface area (Å²) < 4.78 is 28.6. The normalized spacial score (nSPS) is 14.9. The van der Waals surface area contributed by atoms with Crippen molar-refractivity contribution in [1.29, 1.82) is 0 Å². The van der Waals surface area contributed by atoms with Crippen LogP contribution in [0.3, 0.4) is 0 Å². The zero-order valence-corrected chi connectivity index (χ0v) is 16.8. The lowest BCUT2D eigenvalue weighted by Crippen LogP contribution is -2.32. The standard InChI is InChI=1S/C21H26N2O3S/c1-14-8-9-15(2)19(12-14)23-27(25,26)20-13-17(11-10-16(20)3)21(24)22-18-6-4-5-7-18/h8-13,18,23H,4-7H2,1-3H3,(H,22,24). The molecule has 0 bridgehead atoms. The molecule has 3 rings (SSSR count). The van der Waals surface area contributed by atoms with E-state index in [-0.39, 0.29) is 16.8 Å². The van der Waals surface area contributed by atoms with Crippen LogP contribution in [0.15, 0.2) is 41.3 Å². The van der Waals surface area contributed by atoms with Gasteiger partial charge in [0.2, 0.25) is 0 Å². The van der Waals surface area contributed by atoms with Crippen molar-refractivity contribution in [2.75, 3.05) is 4.72 Å². The van der Waals surface area contributed by atoms with Crippen molar-refractivity contribution in [3.63, 3.8) is 0 Å². The van der Waals surface area contributed by atoms with Crippen molar-refractivity contribution in [1.82, 2.24) is 5.32 Å². The van der Waals surface area contributed by atoms with Crippen LogP contribution in [0.5, 0.6) is 0 Å². The Bertz CT molecular complexity index is 961. The van der Waals surface area contributed by atoms with Crippen molar-refractivity contribution in [3.8, 4) is 0 Å². The summed E-state index contributed by atoms with van der Waals surface area (Å²) in [6.07, 6.45) is 4.21. The van der Waals surface area contributed by atoms with E-state index in [0.29, 0.717) is 16.8 Å². The van der Waals surface area contributed by atoms with Crippen molar-refractivity contribution >= 4 is 21.6 Å². The molecule has 1 saturated carbocycles. The van der Waals surface area contributed by atoms with Gasteiger partial charge in [0.1, 0.15) is 0 Å². The highest BCUT2D eigenvalue weighted by Gasteiger charge is 2.22. The Kier molecular flexibility index (Phi) is 5.56. The Hall–Kier alpha value is -2.34. The topological polar surface area (TPSA) is 75.3 Å². The second kappa shape index (κ2) is 7.72. The molecular formula is C21H26N2O3S. The monoisotopic (exact) mass is 386 g/mol. The lowest BCUT2D eigenvalue weighted by molar-refractivity contribution is 0.0937. The van der Waals surface area contributed by atoms with Crippen LogP contribution in [0.25, 0.3) is 0 Å². The van der Waals surface area contributed by atoms with Crippen LogP contribution in [0.4, 0.5) is 5.69 Å². The van der Waals surface area contributed by atoms with Crippen LogP contribution >= 0.6 is 0 Å². The van der Waals surface area contributed by atoms with Gasteiger partial charge in [0.25, 0.3) is 15.9 Å². The molecule has 0 saturated heterocycles. The summed E-state index contributed by atoms with van der Waals surface area (Å²) >= 11 is 0. The van der Waals surface area contributed by atoms with E-state index in [2.05, 4.69) is 10.0 Å². The van der Waals surface area contributed by atoms with E-state index < -0.39 is 10.0 Å². The van der Waals surface area contributed by atoms with Gasteiger partial charge < -0.3 is 5.32 Å². The average molecular weight is 387 g/mol. The van der Waals surface area contributed by atoms with Crippen molar-refractivity contribution in [2.24, 2.45) is 0 Å². The number of hydrogen-bond acceptors (Lipinski definition) is 3. The van der Waals surface area contributed by atoms with Crippen LogP contribution in [-0.4, -0.2) is 20.4 Å². The first kappa shape index (κ1) is 19.4. The summed E-state index contributed by atoms with van der Waals surface area (Å²) in [5.41, 5.74) is 3.34. The first-order valence-corrected chi connectivity index (χ1v) is 10.8. The molecule has 5 nitrogen and oxygen atoms in total. The predicted octanol–water partition coefficient (Wildman–Crippen LogP) is 4.09. The van der Waals surface area contributed by atoms with Gasteiger partial charge in [0, 0.05) is 11.6 Å². The maximum Gasteiger partial charge on any atom is 0.262 e. The molecule has 1 fully saturated rings. The molecule has 144 valence electrons. The Balaban J connectivity index is 1.88. The summed E-state index contributed by atoms with van der Waals surface area (Å²) in [5, 5.41) is 3.01. The molecule has 0 atom stereocenters. The molecule has 1 aliphatic carbocycles. The fourth-order valence-corrected chi connectivity index (χ4v) is 4.81. The van der Waals surface area contributed by atoms with E-state index in [1.54, 1.807) is 25.1 Å². The lowest BCUT2D eigenvalue weighted by atomic mass is 10.1. The number of carbonyl (C=O) groups excluding carboxylic acids is 1. The van der Waals surface area contributed by atoms with E-state index in [0.717, 1.165) is 36.8 Å². The number of carbonyl (C=O) groups is 1. The quantitative estimate of drug-likeness (QED) is 0.813. The third-order valence-electron chi connectivity index (χ3n) is 5.07. The molecule has 2 aromatic rings. The molecular weight excluding hydrogens is 360 g/mol. The Labute approximate surface area is 161 Å². The summed E-state index contributed by atoms with van der Waals surface area (Å²) in [6, 6.07) is 10.6. The Morgan fingerprint density at radius 3 is 2.33 bits per heavy atom. The molecule has 0 unspecified atom stereocenters. The zero-order valence-electron chi connectivity index (χ0n) is 16.0. The third kappa shape index (κ3) is 4.50. The minimum absolute atomic E-state index is 0.127. The molecule has 1 aliphatic rings. The molecule has 27 heavy (non-hydrogen) atoms. The maximum absolute atomic E-state index is 13.0. The fraction of sp³-hybridized carbons (Fsp3) is 0.381. The van der Waals surface area contributed by atoms with Crippen LogP contribution in [0.2, 0.25) is 0 Å². The third-order valence-corrected chi connectivity index (χ3v) is 6.58. The van der Waals surface area contributed by atoms with Crippen LogP contribution < -0.4 is 10.0 Å². The summed E-state index contributed by atoms with van der Waals surface area (Å²) in [7, 11) is -3.80. The number of hydrogen-bond donors (Lipinski definition) is 2. The Morgan fingerprint density at radius 1 is 0.963 bits per heavy atom. The highest BCUT2D eigenvalue weighted by molar-refractivity contribution is 7.92. The van der Waals surface area contributed by atoms with Gasteiger partial charge in [-0.15, -0.1) is 0 Å². The molecule has 0 spiro atoms. The number of amides is 1. The second-order valence-electron chi connectivity index (χ2n) is 7.36. The van der Waals surface area contributed by atoms with Crippen LogP contribution in [0, 0.1) is 20.8 Å². The number of rotatable bonds is 5. The summed E-state index contributed by atoms with van der Waals surface area (Å²) in [5.74, 6) is -0.218. The van der Waals surface area contributed by atoms with Gasteiger partial charge in [-0.25, -0.2) is 8.42 Å². The molecule has 6 heteroatoms. The number of anilines is 1. The van der Waals surface area contributed by atoms with Crippen molar-refractivity contribution < 1.29 is 13.2 Å². The van der Waals surface area contributed by atoms with Gasteiger partial charge in [0.05, 0.1) is 10.6 Å². The van der Waals surface area contributed by atoms with Crippen molar-refractivity contribution in [2.45, 2.75) is 57.4 Å². The largest absolute Gasteiger partial charge is 0.349 e. The summed E-state index contributed by atoms with van der Waals surface area (Å²) in [4.78, 5) is 12.6. The molecule has 0 heterocycles. The molecule has 2 N–H and O–H groups in total. The highest BCUT2D eigenvalue weighted by Crippen LogP contribution is 2.24. The highest BCUT2D eigenvalue weighted by atomic mass is 32.2. The summed E-state index contributed by atoms with van der Waals surface area (Å²) in [6.45, 7) is 5.50. The van der Waals surface area contributed by atoms with Crippen LogP contribution in [-0.2, 0) is 10.0 Å². The maximum atomic E-state index is 13.0. The Morgan fingerprint density at radius 2 is 1.63 bits per heavy atom. The number of nitrogens with one attached hydrogen (secondary N) is 2. The first-order chi connectivity index (χ1) is 12.8. The first-order valence-electron chi connectivity index (χ1n) is 9.28.